The largest absolute Gasteiger partial charge is 0.478 e. The Hall–Kier alpha value is -1.03. The molecule has 0 saturated heterocycles. The number of hydrogen-bond acceptors (Lipinski definition) is 2. The Bertz CT molecular complexity index is 350. The maximum Gasteiger partial charge on any atom is 0.338 e. The van der Waals surface area contributed by atoms with Crippen LogP contribution in [-0.2, 0) is 0 Å². The Morgan fingerprint density at radius 3 is 2.62 bits per heavy atom. The zero-order valence-electron chi connectivity index (χ0n) is 7.30. The monoisotopic (exact) mass is 200 g/mol. The summed E-state index contributed by atoms with van der Waals surface area (Å²) in [5.41, 5.74) is 0.491. The minimum absolute atomic E-state index is 0.269. The highest BCUT2D eigenvalue weighted by Crippen LogP contribution is 2.25. The zero-order chi connectivity index (χ0) is 10.0. The minimum Gasteiger partial charge on any atom is -0.478 e. The van der Waals surface area contributed by atoms with Gasteiger partial charge < -0.3 is 5.11 Å². The molecule has 0 amide bonds. The van der Waals surface area contributed by atoms with Crippen LogP contribution in [0.5, 0.6) is 0 Å². The van der Waals surface area contributed by atoms with E-state index in [2.05, 4.69) is 0 Å². The molecule has 4 heteroatoms. The SMILES string of the molecule is CSc1c(C)ccc(C(=O)O)c1F. The van der Waals surface area contributed by atoms with Crippen LogP contribution >= 0.6 is 11.8 Å². The van der Waals surface area contributed by atoms with E-state index in [9.17, 15) is 9.18 Å². The smallest absolute Gasteiger partial charge is 0.338 e. The average Bonchev–Trinajstić information content (AvgIpc) is 2.04. The van der Waals surface area contributed by atoms with Gasteiger partial charge in [-0.2, -0.15) is 0 Å². The average molecular weight is 200 g/mol. The fourth-order valence-electron chi connectivity index (χ4n) is 1.07. The Labute approximate surface area is 79.8 Å². The number of carbonyl (C=O) groups is 1. The quantitative estimate of drug-likeness (QED) is 0.745. The van der Waals surface area contributed by atoms with Crippen molar-refractivity contribution in [3.63, 3.8) is 0 Å². The third-order valence-electron chi connectivity index (χ3n) is 1.73. The van der Waals surface area contributed by atoms with Crippen LogP contribution in [-0.4, -0.2) is 17.3 Å². The third kappa shape index (κ3) is 1.83. The molecule has 13 heavy (non-hydrogen) atoms. The predicted molar refractivity (Wildman–Crippen MR) is 49.9 cm³/mol. The summed E-state index contributed by atoms with van der Waals surface area (Å²) in [6.45, 7) is 1.75. The molecule has 0 spiro atoms. The summed E-state index contributed by atoms with van der Waals surface area (Å²) in [4.78, 5) is 11.0. The molecule has 70 valence electrons. The van der Waals surface area contributed by atoms with Crippen LogP contribution < -0.4 is 0 Å². The molecule has 0 aliphatic carbocycles. The number of aryl methyl sites for hydroxylation is 1. The maximum absolute atomic E-state index is 13.4. The van der Waals surface area contributed by atoms with E-state index in [1.54, 1.807) is 19.2 Å². The van der Waals surface area contributed by atoms with E-state index >= 15 is 0 Å². The van der Waals surface area contributed by atoms with E-state index in [0.29, 0.717) is 4.90 Å². The van der Waals surface area contributed by atoms with E-state index in [-0.39, 0.29) is 5.56 Å². The van der Waals surface area contributed by atoms with Crippen LogP contribution in [0.15, 0.2) is 17.0 Å². The first kappa shape index (κ1) is 10.1. The predicted octanol–water partition coefficient (Wildman–Crippen LogP) is 2.55. The highest BCUT2D eigenvalue weighted by atomic mass is 32.2. The summed E-state index contributed by atoms with van der Waals surface area (Å²) < 4.78 is 13.4. The molecule has 0 aromatic heterocycles. The van der Waals surface area contributed by atoms with Crippen LogP contribution in [0.1, 0.15) is 15.9 Å². The van der Waals surface area contributed by atoms with Crippen LogP contribution in [0.2, 0.25) is 0 Å². The number of rotatable bonds is 2. The van der Waals surface area contributed by atoms with Gasteiger partial charge in [0.25, 0.3) is 0 Å². The van der Waals surface area contributed by atoms with Gasteiger partial charge in [0.05, 0.1) is 5.56 Å². The van der Waals surface area contributed by atoms with Gasteiger partial charge in [0, 0.05) is 4.90 Å². The Balaban J connectivity index is 3.35. The van der Waals surface area contributed by atoms with Crippen molar-refractivity contribution in [1.29, 1.82) is 0 Å². The molecule has 0 fully saturated rings. The van der Waals surface area contributed by atoms with Crippen molar-refractivity contribution in [1.82, 2.24) is 0 Å². The zero-order valence-corrected chi connectivity index (χ0v) is 8.11. The van der Waals surface area contributed by atoms with Gasteiger partial charge in [-0.25, -0.2) is 9.18 Å². The van der Waals surface area contributed by atoms with E-state index in [0.717, 1.165) is 5.56 Å². The molecule has 2 nitrogen and oxygen atoms in total. The lowest BCUT2D eigenvalue weighted by Gasteiger charge is -2.05. The van der Waals surface area contributed by atoms with Crippen molar-refractivity contribution < 1.29 is 14.3 Å². The second-order valence-electron chi connectivity index (χ2n) is 2.58. The second kappa shape index (κ2) is 3.79. The van der Waals surface area contributed by atoms with Crippen molar-refractivity contribution in [2.45, 2.75) is 11.8 Å². The molecule has 0 unspecified atom stereocenters. The normalized spacial score (nSPS) is 10.1. The summed E-state index contributed by atoms with van der Waals surface area (Å²) in [5, 5.41) is 8.63. The number of carboxylic acid groups (broad SMARTS) is 1. The second-order valence-corrected chi connectivity index (χ2v) is 3.40. The molecule has 0 saturated carbocycles. The van der Waals surface area contributed by atoms with Crippen LogP contribution in [0.4, 0.5) is 4.39 Å². The van der Waals surface area contributed by atoms with Gasteiger partial charge in [0.1, 0.15) is 0 Å². The van der Waals surface area contributed by atoms with Gasteiger partial charge in [0.2, 0.25) is 0 Å². The number of aromatic carboxylic acids is 1. The minimum atomic E-state index is -1.23. The number of benzene rings is 1. The lowest BCUT2D eigenvalue weighted by molar-refractivity contribution is 0.0691. The van der Waals surface area contributed by atoms with Crippen molar-refractivity contribution in [3.8, 4) is 0 Å². The summed E-state index contributed by atoms with van der Waals surface area (Å²) in [6.07, 6.45) is 1.72. The molecule has 0 bridgehead atoms. The van der Waals surface area contributed by atoms with E-state index in [1.165, 1.54) is 17.8 Å². The van der Waals surface area contributed by atoms with Crippen molar-refractivity contribution in [2.75, 3.05) is 6.26 Å². The van der Waals surface area contributed by atoms with E-state index in [1.807, 2.05) is 0 Å². The highest BCUT2D eigenvalue weighted by Gasteiger charge is 2.14. The summed E-state index contributed by atoms with van der Waals surface area (Å²) >= 11 is 1.22. The first-order valence-electron chi connectivity index (χ1n) is 3.64. The first-order chi connectivity index (χ1) is 6.07. The lowest BCUT2D eigenvalue weighted by atomic mass is 10.1. The number of halogens is 1. The topological polar surface area (TPSA) is 37.3 Å². The Kier molecular flexibility index (Phi) is 2.93. The van der Waals surface area contributed by atoms with Gasteiger partial charge in [0.15, 0.2) is 5.82 Å². The Morgan fingerprint density at radius 2 is 2.15 bits per heavy atom. The van der Waals surface area contributed by atoms with Gasteiger partial charge in [-0.3, -0.25) is 0 Å². The van der Waals surface area contributed by atoms with Crippen LogP contribution in [0, 0.1) is 12.7 Å². The van der Waals surface area contributed by atoms with Crippen molar-refractivity contribution in [3.05, 3.63) is 29.1 Å². The fourth-order valence-corrected chi connectivity index (χ4v) is 1.75. The van der Waals surface area contributed by atoms with Crippen LogP contribution in [0.3, 0.4) is 0 Å². The lowest BCUT2D eigenvalue weighted by Crippen LogP contribution is -2.02. The van der Waals surface area contributed by atoms with Gasteiger partial charge in [-0.1, -0.05) is 6.07 Å². The molecular formula is C9H9FO2S. The molecule has 1 aromatic carbocycles. The number of hydrogen-bond donors (Lipinski definition) is 1. The van der Waals surface area contributed by atoms with Gasteiger partial charge in [-0.05, 0) is 24.8 Å². The van der Waals surface area contributed by atoms with E-state index < -0.39 is 11.8 Å². The fraction of sp³-hybridized carbons (Fsp3) is 0.222. The molecule has 0 atom stereocenters. The van der Waals surface area contributed by atoms with Crippen molar-refractivity contribution in [2.24, 2.45) is 0 Å². The number of carboxylic acids is 1. The molecule has 0 aliphatic rings. The molecule has 0 heterocycles. The molecular weight excluding hydrogens is 191 g/mol. The molecule has 0 radical (unpaired) electrons. The first-order valence-corrected chi connectivity index (χ1v) is 4.86. The third-order valence-corrected chi connectivity index (χ3v) is 2.64. The van der Waals surface area contributed by atoms with Gasteiger partial charge in [-0.15, -0.1) is 11.8 Å². The highest BCUT2D eigenvalue weighted by molar-refractivity contribution is 7.98. The standard InChI is InChI=1S/C9H9FO2S/c1-5-3-4-6(9(11)12)7(10)8(5)13-2/h3-4H,1-2H3,(H,11,12). The molecule has 1 aromatic rings. The van der Waals surface area contributed by atoms with Crippen LogP contribution in [0.25, 0.3) is 0 Å². The molecule has 0 aliphatic heterocycles. The Morgan fingerprint density at radius 1 is 1.54 bits per heavy atom. The summed E-state index contributed by atoms with van der Waals surface area (Å²) in [6, 6.07) is 2.89. The van der Waals surface area contributed by atoms with Crippen molar-refractivity contribution >= 4 is 17.7 Å². The molecule has 1 N–H and O–H groups in total. The summed E-state index contributed by atoms with van der Waals surface area (Å²) in [7, 11) is 0. The number of thioether (sulfide) groups is 1. The molecule has 1 rings (SSSR count). The summed E-state index contributed by atoms with van der Waals surface area (Å²) in [5.74, 6) is -1.87. The van der Waals surface area contributed by atoms with E-state index in [4.69, 9.17) is 5.11 Å². The maximum atomic E-state index is 13.4. The van der Waals surface area contributed by atoms with Gasteiger partial charge >= 0.3 is 5.97 Å².